The zero-order chi connectivity index (χ0) is 11.6. The highest BCUT2D eigenvalue weighted by atomic mass is 79.9. The van der Waals surface area contributed by atoms with E-state index < -0.39 is 12.1 Å². The summed E-state index contributed by atoms with van der Waals surface area (Å²) >= 11 is 3.43. The largest absolute Gasteiger partial charge is 0.479 e. The van der Waals surface area contributed by atoms with E-state index in [1.165, 1.54) is 0 Å². The van der Waals surface area contributed by atoms with Gasteiger partial charge in [0.1, 0.15) is 0 Å². The van der Waals surface area contributed by atoms with Crippen molar-refractivity contribution in [2.24, 2.45) is 0 Å². The fourth-order valence-electron chi connectivity index (χ4n) is 1.46. The molecule has 0 aliphatic heterocycles. The van der Waals surface area contributed by atoms with Gasteiger partial charge in [-0.15, -0.1) is 0 Å². The van der Waals surface area contributed by atoms with Crippen LogP contribution in [0.15, 0.2) is 16.6 Å². The molecule has 1 aromatic carbocycles. The summed E-state index contributed by atoms with van der Waals surface area (Å²) in [5.41, 5.74) is 2.92. The van der Waals surface area contributed by atoms with E-state index in [0.717, 1.165) is 21.2 Å². The number of aliphatic hydroxyl groups excluding tert-OH is 1. The third-order valence-corrected chi connectivity index (χ3v) is 3.46. The Morgan fingerprint density at radius 1 is 1.40 bits per heavy atom. The fraction of sp³-hybridized carbons (Fsp3) is 0.364. The van der Waals surface area contributed by atoms with Gasteiger partial charge in [0.25, 0.3) is 0 Å². The molecule has 1 unspecified atom stereocenters. The minimum absolute atomic E-state index is 0.143. The number of carboxylic acids is 1. The molecule has 0 saturated carbocycles. The summed E-state index contributed by atoms with van der Waals surface area (Å²) < 4.78 is 1.02. The molecule has 4 heteroatoms. The summed E-state index contributed by atoms with van der Waals surface area (Å²) in [6.07, 6.45) is -1.19. The van der Waals surface area contributed by atoms with Crippen LogP contribution in [0.1, 0.15) is 16.7 Å². The normalized spacial score (nSPS) is 12.5. The number of aliphatic hydroxyl groups is 1. The number of rotatable bonds is 3. The lowest BCUT2D eigenvalue weighted by molar-refractivity contribution is -0.146. The zero-order valence-corrected chi connectivity index (χ0v) is 10.2. The van der Waals surface area contributed by atoms with Crippen molar-refractivity contribution in [2.45, 2.75) is 26.4 Å². The summed E-state index contributed by atoms with van der Waals surface area (Å²) in [7, 11) is 0. The second kappa shape index (κ2) is 4.77. The smallest absolute Gasteiger partial charge is 0.332 e. The first kappa shape index (κ1) is 12.2. The highest BCUT2D eigenvalue weighted by Crippen LogP contribution is 2.23. The van der Waals surface area contributed by atoms with E-state index in [2.05, 4.69) is 15.9 Å². The molecule has 3 nitrogen and oxygen atoms in total. The molecule has 1 aromatic rings. The summed E-state index contributed by atoms with van der Waals surface area (Å²) in [5.74, 6) is -1.19. The van der Waals surface area contributed by atoms with Crippen molar-refractivity contribution < 1.29 is 15.0 Å². The summed E-state index contributed by atoms with van der Waals surface area (Å²) in [6, 6.07) is 3.76. The summed E-state index contributed by atoms with van der Waals surface area (Å²) in [5, 5.41) is 17.8. The van der Waals surface area contributed by atoms with Crippen LogP contribution >= 0.6 is 15.9 Å². The Balaban J connectivity index is 2.92. The number of hydrogen-bond acceptors (Lipinski definition) is 2. The van der Waals surface area contributed by atoms with E-state index >= 15 is 0 Å². The highest BCUT2D eigenvalue weighted by Gasteiger charge is 2.14. The van der Waals surface area contributed by atoms with Gasteiger partial charge in [0.15, 0.2) is 6.10 Å². The number of halogens is 1. The van der Waals surface area contributed by atoms with Crippen LogP contribution in [0.2, 0.25) is 0 Å². The molecule has 2 N–H and O–H groups in total. The number of benzene rings is 1. The number of aliphatic carboxylic acids is 1. The van der Waals surface area contributed by atoms with Crippen LogP contribution in [0, 0.1) is 13.8 Å². The molecule has 0 fully saturated rings. The van der Waals surface area contributed by atoms with E-state index in [4.69, 9.17) is 5.11 Å². The molecule has 0 heterocycles. The van der Waals surface area contributed by atoms with E-state index in [-0.39, 0.29) is 6.42 Å². The van der Waals surface area contributed by atoms with Gasteiger partial charge in [-0.2, -0.15) is 0 Å². The third kappa shape index (κ3) is 3.04. The van der Waals surface area contributed by atoms with Crippen molar-refractivity contribution in [1.29, 1.82) is 0 Å². The van der Waals surface area contributed by atoms with E-state index in [0.29, 0.717) is 0 Å². The van der Waals surface area contributed by atoms with E-state index in [1.54, 1.807) is 0 Å². The minimum atomic E-state index is -1.33. The molecule has 0 bridgehead atoms. The predicted octanol–water partition coefficient (Wildman–Crippen LogP) is 2.05. The Morgan fingerprint density at radius 3 is 2.27 bits per heavy atom. The summed E-state index contributed by atoms with van der Waals surface area (Å²) in [4.78, 5) is 10.5. The molecule has 0 amide bonds. The SMILES string of the molecule is Cc1cc(CC(O)C(=O)O)cc(C)c1Br. The van der Waals surface area contributed by atoms with Crippen molar-refractivity contribution >= 4 is 21.9 Å². The molecule has 0 spiro atoms. The third-order valence-electron chi connectivity index (χ3n) is 2.21. The maximum atomic E-state index is 10.5. The molecule has 0 radical (unpaired) electrons. The van der Waals surface area contributed by atoms with Crippen LogP contribution in [-0.4, -0.2) is 22.3 Å². The van der Waals surface area contributed by atoms with Crippen LogP contribution in [0.4, 0.5) is 0 Å². The van der Waals surface area contributed by atoms with Crippen LogP contribution < -0.4 is 0 Å². The number of carbonyl (C=O) groups is 1. The lowest BCUT2D eigenvalue weighted by Gasteiger charge is -2.09. The van der Waals surface area contributed by atoms with Crippen LogP contribution in [0.3, 0.4) is 0 Å². The van der Waals surface area contributed by atoms with Crippen LogP contribution in [0.5, 0.6) is 0 Å². The van der Waals surface area contributed by atoms with Gasteiger partial charge in [0, 0.05) is 10.9 Å². The lowest BCUT2D eigenvalue weighted by atomic mass is 10.0. The predicted molar refractivity (Wildman–Crippen MR) is 61.0 cm³/mol. The van der Waals surface area contributed by atoms with Gasteiger partial charge in [-0.25, -0.2) is 4.79 Å². The second-order valence-electron chi connectivity index (χ2n) is 3.60. The van der Waals surface area contributed by atoms with Gasteiger partial charge in [0.05, 0.1) is 0 Å². The molecule has 1 rings (SSSR count). The van der Waals surface area contributed by atoms with Gasteiger partial charge >= 0.3 is 5.97 Å². The number of aryl methyl sites for hydroxylation is 2. The first-order valence-corrected chi connectivity index (χ1v) is 5.37. The van der Waals surface area contributed by atoms with Gasteiger partial charge in [-0.05, 0) is 30.5 Å². The van der Waals surface area contributed by atoms with Gasteiger partial charge < -0.3 is 10.2 Å². The average molecular weight is 273 g/mol. The first-order valence-electron chi connectivity index (χ1n) is 4.58. The van der Waals surface area contributed by atoms with Gasteiger partial charge in [0.2, 0.25) is 0 Å². The lowest BCUT2D eigenvalue weighted by Crippen LogP contribution is -2.22. The van der Waals surface area contributed by atoms with Crippen LogP contribution in [0.25, 0.3) is 0 Å². The van der Waals surface area contributed by atoms with Gasteiger partial charge in [-0.3, -0.25) is 0 Å². The first-order chi connectivity index (χ1) is 6.91. The zero-order valence-electron chi connectivity index (χ0n) is 8.62. The van der Waals surface area contributed by atoms with E-state index in [9.17, 15) is 9.90 Å². The Bertz CT molecular complexity index is 364. The maximum Gasteiger partial charge on any atom is 0.332 e. The van der Waals surface area contributed by atoms with E-state index in [1.807, 2.05) is 26.0 Å². The molecule has 15 heavy (non-hydrogen) atoms. The monoisotopic (exact) mass is 272 g/mol. The second-order valence-corrected chi connectivity index (χ2v) is 4.39. The quantitative estimate of drug-likeness (QED) is 0.886. The maximum absolute atomic E-state index is 10.5. The highest BCUT2D eigenvalue weighted by molar-refractivity contribution is 9.10. The topological polar surface area (TPSA) is 57.5 Å². The molecule has 0 aliphatic rings. The molecule has 1 atom stereocenters. The summed E-state index contributed by atoms with van der Waals surface area (Å²) in [6.45, 7) is 3.88. The Kier molecular flexibility index (Phi) is 3.88. The van der Waals surface area contributed by atoms with Crippen LogP contribution in [-0.2, 0) is 11.2 Å². The van der Waals surface area contributed by atoms with Crippen molar-refractivity contribution in [3.8, 4) is 0 Å². The van der Waals surface area contributed by atoms with Crippen molar-refractivity contribution in [1.82, 2.24) is 0 Å². The molecule has 0 aromatic heterocycles. The minimum Gasteiger partial charge on any atom is -0.479 e. The Hall–Kier alpha value is -0.870. The molecule has 0 aliphatic carbocycles. The standard InChI is InChI=1S/C11H13BrO3/c1-6-3-8(4-7(2)10(6)12)5-9(13)11(14)15/h3-4,9,13H,5H2,1-2H3,(H,14,15). The van der Waals surface area contributed by atoms with Crippen molar-refractivity contribution in [2.75, 3.05) is 0 Å². The molecule has 0 saturated heterocycles. The van der Waals surface area contributed by atoms with Crippen molar-refractivity contribution in [3.63, 3.8) is 0 Å². The number of carboxylic acid groups (broad SMARTS) is 1. The van der Waals surface area contributed by atoms with Crippen molar-refractivity contribution in [3.05, 3.63) is 33.3 Å². The van der Waals surface area contributed by atoms with Gasteiger partial charge in [-0.1, -0.05) is 28.1 Å². The Labute approximate surface area is 96.9 Å². The average Bonchev–Trinajstić information content (AvgIpc) is 2.13. The number of hydrogen-bond donors (Lipinski definition) is 2. The fourth-order valence-corrected chi connectivity index (χ4v) is 1.69. The molecular weight excluding hydrogens is 260 g/mol. The Morgan fingerprint density at radius 2 is 1.87 bits per heavy atom. The molecule has 82 valence electrons. The molecular formula is C11H13BrO3.